The first kappa shape index (κ1) is 18.8. The van der Waals surface area contributed by atoms with Crippen LogP contribution in [-0.2, 0) is 4.74 Å². The molecule has 3 rings (SSSR count). The van der Waals surface area contributed by atoms with Crippen LogP contribution in [0.1, 0.15) is 21.5 Å². The monoisotopic (exact) mass is 367 g/mol. The van der Waals surface area contributed by atoms with Gasteiger partial charge in [0.25, 0.3) is 0 Å². The van der Waals surface area contributed by atoms with Gasteiger partial charge in [-0.15, -0.1) is 0 Å². The van der Waals surface area contributed by atoms with Crippen LogP contribution >= 0.6 is 0 Å². The molecule has 1 aliphatic heterocycles. The maximum atomic E-state index is 12.6. The molecule has 0 spiro atoms. The lowest BCUT2D eigenvalue weighted by Crippen LogP contribution is -2.50. The summed E-state index contributed by atoms with van der Waals surface area (Å²) in [7, 11) is 1.35. The van der Waals surface area contributed by atoms with Gasteiger partial charge in [-0.2, -0.15) is 0 Å². The molecule has 0 atom stereocenters. The largest absolute Gasteiger partial charge is 0.465 e. The van der Waals surface area contributed by atoms with Crippen molar-refractivity contribution < 1.29 is 14.3 Å². The van der Waals surface area contributed by atoms with E-state index in [2.05, 4.69) is 41.4 Å². The first-order valence-electron chi connectivity index (χ1n) is 9.05. The summed E-state index contributed by atoms with van der Waals surface area (Å²) in [6, 6.07) is 13.5. The summed E-state index contributed by atoms with van der Waals surface area (Å²) in [5.41, 5.74) is 4.21. The van der Waals surface area contributed by atoms with Gasteiger partial charge in [0.2, 0.25) is 0 Å². The summed E-state index contributed by atoms with van der Waals surface area (Å²) in [6.45, 7) is 6.75. The van der Waals surface area contributed by atoms with E-state index in [4.69, 9.17) is 4.74 Å². The van der Waals surface area contributed by atoms with E-state index in [0.29, 0.717) is 29.9 Å². The predicted octanol–water partition coefficient (Wildman–Crippen LogP) is 3.44. The fourth-order valence-electron chi connectivity index (χ4n) is 3.22. The van der Waals surface area contributed by atoms with Crippen molar-refractivity contribution in [1.29, 1.82) is 0 Å². The Morgan fingerprint density at radius 1 is 0.963 bits per heavy atom. The lowest BCUT2D eigenvalue weighted by atomic mass is 10.1. The van der Waals surface area contributed by atoms with Gasteiger partial charge in [-0.1, -0.05) is 23.8 Å². The molecule has 0 aliphatic carbocycles. The number of anilines is 2. The van der Waals surface area contributed by atoms with E-state index in [1.165, 1.54) is 18.4 Å². The Labute approximate surface area is 159 Å². The third kappa shape index (κ3) is 4.22. The van der Waals surface area contributed by atoms with E-state index in [9.17, 15) is 9.59 Å². The molecule has 6 nitrogen and oxygen atoms in total. The third-order valence-corrected chi connectivity index (χ3v) is 4.95. The normalized spacial score (nSPS) is 14.0. The summed E-state index contributed by atoms with van der Waals surface area (Å²) in [4.78, 5) is 28.5. The maximum Gasteiger partial charge on any atom is 0.338 e. The number of amides is 2. The van der Waals surface area contributed by atoms with Crippen LogP contribution in [0.4, 0.5) is 16.2 Å². The second-order valence-electron chi connectivity index (χ2n) is 6.71. The Hall–Kier alpha value is -3.02. The third-order valence-electron chi connectivity index (χ3n) is 4.95. The lowest BCUT2D eigenvalue weighted by Gasteiger charge is -2.36. The van der Waals surface area contributed by atoms with Gasteiger partial charge < -0.3 is 19.9 Å². The number of piperazine rings is 1. The zero-order valence-corrected chi connectivity index (χ0v) is 16.0. The number of methoxy groups -OCH3 is 1. The number of carbonyl (C=O) groups is 2. The number of hydrogen-bond acceptors (Lipinski definition) is 4. The van der Waals surface area contributed by atoms with Crippen LogP contribution in [0.2, 0.25) is 0 Å². The van der Waals surface area contributed by atoms with E-state index in [-0.39, 0.29) is 6.03 Å². The van der Waals surface area contributed by atoms with Crippen molar-refractivity contribution >= 4 is 23.4 Å². The van der Waals surface area contributed by atoms with Crippen molar-refractivity contribution in [1.82, 2.24) is 4.90 Å². The minimum Gasteiger partial charge on any atom is -0.465 e. The molecule has 2 amide bonds. The smallest absolute Gasteiger partial charge is 0.338 e. The molecule has 27 heavy (non-hydrogen) atoms. The van der Waals surface area contributed by atoms with Gasteiger partial charge in [0, 0.05) is 37.6 Å². The van der Waals surface area contributed by atoms with Crippen LogP contribution in [0.15, 0.2) is 42.5 Å². The summed E-state index contributed by atoms with van der Waals surface area (Å²) < 4.78 is 4.79. The number of urea groups is 1. The summed E-state index contributed by atoms with van der Waals surface area (Å²) in [5, 5.41) is 2.92. The van der Waals surface area contributed by atoms with Gasteiger partial charge in [0.1, 0.15) is 0 Å². The van der Waals surface area contributed by atoms with Crippen molar-refractivity contribution in [3.05, 3.63) is 59.2 Å². The van der Waals surface area contributed by atoms with E-state index < -0.39 is 5.97 Å². The van der Waals surface area contributed by atoms with E-state index in [1.807, 2.05) is 0 Å². The molecule has 1 heterocycles. The molecular formula is C21H25N3O3. The van der Waals surface area contributed by atoms with Gasteiger partial charge in [-0.05, 0) is 43.7 Å². The first-order chi connectivity index (χ1) is 13.0. The minimum absolute atomic E-state index is 0.149. The highest BCUT2D eigenvalue weighted by molar-refractivity contribution is 5.96. The van der Waals surface area contributed by atoms with Gasteiger partial charge in [-0.3, -0.25) is 0 Å². The Morgan fingerprint density at radius 3 is 2.26 bits per heavy atom. The van der Waals surface area contributed by atoms with E-state index >= 15 is 0 Å². The highest BCUT2D eigenvalue weighted by Crippen LogP contribution is 2.21. The molecule has 1 fully saturated rings. The van der Waals surface area contributed by atoms with Crippen LogP contribution in [0.25, 0.3) is 0 Å². The highest BCUT2D eigenvalue weighted by atomic mass is 16.5. The average Bonchev–Trinajstić information content (AvgIpc) is 2.69. The van der Waals surface area contributed by atoms with Crippen molar-refractivity contribution in [2.24, 2.45) is 0 Å². The molecule has 1 saturated heterocycles. The molecule has 142 valence electrons. The highest BCUT2D eigenvalue weighted by Gasteiger charge is 2.22. The first-order valence-corrected chi connectivity index (χ1v) is 9.05. The zero-order chi connectivity index (χ0) is 19.4. The standard InChI is InChI=1S/C21H25N3O3/c1-15-7-9-17(10-8-15)23-11-13-24(14-12-23)21(26)22-19-6-4-5-18(16(19)2)20(25)27-3/h4-10H,11-14H2,1-3H3,(H,22,26). The second-order valence-corrected chi connectivity index (χ2v) is 6.71. The maximum absolute atomic E-state index is 12.6. The van der Waals surface area contributed by atoms with Crippen LogP contribution in [0.3, 0.4) is 0 Å². The van der Waals surface area contributed by atoms with Gasteiger partial charge >= 0.3 is 12.0 Å². The molecule has 0 unspecified atom stereocenters. The van der Waals surface area contributed by atoms with Crippen LogP contribution in [0, 0.1) is 13.8 Å². The number of rotatable bonds is 3. The fraction of sp³-hybridized carbons (Fsp3) is 0.333. The quantitative estimate of drug-likeness (QED) is 0.844. The van der Waals surface area contributed by atoms with Crippen LogP contribution in [0.5, 0.6) is 0 Å². The number of carbonyl (C=O) groups excluding carboxylic acids is 2. The van der Waals surface area contributed by atoms with E-state index in [0.717, 1.165) is 13.1 Å². The molecule has 2 aromatic rings. The van der Waals surface area contributed by atoms with Crippen LogP contribution in [-0.4, -0.2) is 50.2 Å². The molecular weight excluding hydrogens is 342 g/mol. The number of nitrogens with zero attached hydrogens (tertiary/aromatic N) is 2. The zero-order valence-electron chi connectivity index (χ0n) is 16.0. The molecule has 6 heteroatoms. The van der Waals surface area contributed by atoms with Crippen molar-refractivity contribution in [2.75, 3.05) is 43.5 Å². The minimum atomic E-state index is -0.407. The SMILES string of the molecule is COC(=O)c1cccc(NC(=O)N2CCN(c3ccc(C)cc3)CC2)c1C. The van der Waals surface area contributed by atoms with E-state index in [1.54, 1.807) is 30.0 Å². The van der Waals surface area contributed by atoms with Gasteiger partial charge in [-0.25, -0.2) is 9.59 Å². The summed E-state index contributed by atoms with van der Waals surface area (Å²) in [6.07, 6.45) is 0. The molecule has 0 radical (unpaired) electrons. The fourth-order valence-corrected chi connectivity index (χ4v) is 3.22. The molecule has 1 N–H and O–H groups in total. The topological polar surface area (TPSA) is 61.9 Å². The Morgan fingerprint density at radius 2 is 1.63 bits per heavy atom. The Balaban J connectivity index is 1.62. The molecule has 0 bridgehead atoms. The van der Waals surface area contributed by atoms with Crippen LogP contribution < -0.4 is 10.2 Å². The van der Waals surface area contributed by atoms with Crippen molar-refractivity contribution in [3.8, 4) is 0 Å². The average molecular weight is 367 g/mol. The number of esters is 1. The molecule has 1 aliphatic rings. The number of nitrogens with one attached hydrogen (secondary N) is 1. The molecule has 0 saturated carbocycles. The number of aryl methyl sites for hydroxylation is 1. The number of hydrogen-bond donors (Lipinski definition) is 1. The number of ether oxygens (including phenoxy) is 1. The molecule has 0 aromatic heterocycles. The van der Waals surface area contributed by atoms with Crippen molar-refractivity contribution in [3.63, 3.8) is 0 Å². The Bertz CT molecular complexity index is 825. The number of benzene rings is 2. The van der Waals surface area contributed by atoms with Crippen molar-refractivity contribution in [2.45, 2.75) is 13.8 Å². The predicted molar refractivity (Wildman–Crippen MR) is 107 cm³/mol. The Kier molecular flexibility index (Phi) is 5.64. The lowest BCUT2D eigenvalue weighted by molar-refractivity contribution is 0.0600. The van der Waals surface area contributed by atoms with Gasteiger partial charge in [0.15, 0.2) is 0 Å². The van der Waals surface area contributed by atoms with Gasteiger partial charge in [0.05, 0.1) is 12.7 Å². The molecule has 2 aromatic carbocycles. The summed E-state index contributed by atoms with van der Waals surface area (Å²) in [5.74, 6) is -0.407. The summed E-state index contributed by atoms with van der Waals surface area (Å²) >= 11 is 0. The second kappa shape index (κ2) is 8.12.